The molecule has 1 aliphatic carbocycles. The molecule has 27 heavy (non-hydrogen) atoms. The molecule has 0 spiro atoms. The number of hydrogen-bond acceptors (Lipinski definition) is 6. The van der Waals surface area contributed by atoms with Gasteiger partial charge in [0, 0.05) is 43.4 Å². The largest absolute Gasteiger partial charge is 0.376 e. The number of aryl methyl sites for hydroxylation is 2. The van der Waals surface area contributed by atoms with Gasteiger partial charge < -0.3 is 14.2 Å². The SMILES string of the molecule is Cc1ncc(COCC2CC2)c(C2CCCN(C(=O)c3cc(C)on3)C2)n1. The second-order valence-corrected chi connectivity index (χ2v) is 7.70. The van der Waals surface area contributed by atoms with E-state index in [0.29, 0.717) is 24.6 Å². The van der Waals surface area contributed by atoms with Crippen LogP contribution in [0.25, 0.3) is 0 Å². The first-order chi connectivity index (χ1) is 13.1. The van der Waals surface area contributed by atoms with Gasteiger partial charge in [0.25, 0.3) is 5.91 Å². The fourth-order valence-corrected chi connectivity index (χ4v) is 3.61. The lowest BCUT2D eigenvalue weighted by atomic mass is 9.92. The smallest absolute Gasteiger partial charge is 0.276 e. The third-order valence-electron chi connectivity index (χ3n) is 5.27. The van der Waals surface area contributed by atoms with Gasteiger partial charge in [-0.2, -0.15) is 0 Å². The fourth-order valence-electron chi connectivity index (χ4n) is 3.61. The molecule has 1 atom stereocenters. The Hall–Kier alpha value is -2.28. The van der Waals surface area contributed by atoms with Crippen molar-refractivity contribution in [3.05, 3.63) is 40.8 Å². The number of carbonyl (C=O) groups excluding carboxylic acids is 1. The molecule has 1 amide bonds. The molecule has 0 aromatic carbocycles. The first-order valence-electron chi connectivity index (χ1n) is 9.73. The quantitative estimate of drug-likeness (QED) is 0.777. The Morgan fingerprint density at radius 2 is 2.19 bits per heavy atom. The molecule has 1 unspecified atom stereocenters. The number of rotatable bonds is 6. The van der Waals surface area contributed by atoms with Gasteiger partial charge in [0.1, 0.15) is 11.6 Å². The van der Waals surface area contributed by atoms with Crippen LogP contribution in [-0.4, -0.2) is 45.6 Å². The molecule has 0 N–H and O–H groups in total. The zero-order valence-electron chi connectivity index (χ0n) is 16.0. The molecule has 2 aliphatic rings. The topological polar surface area (TPSA) is 81.4 Å². The van der Waals surface area contributed by atoms with Crippen molar-refractivity contribution in [1.29, 1.82) is 0 Å². The Balaban J connectivity index is 1.48. The highest BCUT2D eigenvalue weighted by atomic mass is 16.5. The summed E-state index contributed by atoms with van der Waals surface area (Å²) in [6, 6.07) is 1.69. The second kappa shape index (κ2) is 7.76. The number of hydrogen-bond donors (Lipinski definition) is 0. The molecule has 3 heterocycles. The summed E-state index contributed by atoms with van der Waals surface area (Å²) in [6.07, 6.45) is 6.38. The van der Waals surface area contributed by atoms with Crippen LogP contribution in [-0.2, 0) is 11.3 Å². The Morgan fingerprint density at radius 1 is 1.33 bits per heavy atom. The maximum absolute atomic E-state index is 12.7. The third kappa shape index (κ3) is 4.35. The van der Waals surface area contributed by atoms with Crippen LogP contribution in [0.3, 0.4) is 0 Å². The summed E-state index contributed by atoms with van der Waals surface area (Å²) >= 11 is 0. The molecule has 2 fully saturated rings. The van der Waals surface area contributed by atoms with Crippen molar-refractivity contribution in [1.82, 2.24) is 20.0 Å². The van der Waals surface area contributed by atoms with E-state index < -0.39 is 0 Å². The zero-order valence-corrected chi connectivity index (χ0v) is 16.0. The van der Waals surface area contributed by atoms with Crippen molar-refractivity contribution >= 4 is 5.91 Å². The maximum atomic E-state index is 12.7. The average molecular weight is 370 g/mol. The molecule has 2 aromatic rings. The van der Waals surface area contributed by atoms with Gasteiger partial charge in [-0.3, -0.25) is 4.79 Å². The second-order valence-electron chi connectivity index (χ2n) is 7.70. The minimum absolute atomic E-state index is 0.0751. The molecule has 1 saturated carbocycles. The van der Waals surface area contributed by atoms with Gasteiger partial charge in [-0.15, -0.1) is 0 Å². The summed E-state index contributed by atoms with van der Waals surface area (Å²) in [4.78, 5) is 23.7. The molecule has 4 rings (SSSR count). The molecule has 0 bridgehead atoms. The highest BCUT2D eigenvalue weighted by molar-refractivity contribution is 5.92. The number of amides is 1. The van der Waals surface area contributed by atoms with E-state index >= 15 is 0 Å². The average Bonchev–Trinajstić information content (AvgIpc) is 3.40. The summed E-state index contributed by atoms with van der Waals surface area (Å²) in [5.74, 6) is 2.25. The van der Waals surface area contributed by atoms with E-state index in [9.17, 15) is 4.79 Å². The third-order valence-corrected chi connectivity index (χ3v) is 5.27. The van der Waals surface area contributed by atoms with Crippen LogP contribution in [0.4, 0.5) is 0 Å². The fraction of sp³-hybridized carbons (Fsp3) is 0.600. The van der Waals surface area contributed by atoms with Crippen molar-refractivity contribution in [2.45, 2.75) is 52.1 Å². The number of piperidine rings is 1. The molecular formula is C20H26N4O3. The molecule has 144 valence electrons. The lowest BCUT2D eigenvalue weighted by Crippen LogP contribution is -2.39. The summed E-state index contributed by atoms with van der Waals surface area (Å²) in [5, 5.41) is 3.87. The minimum Gasteiger partial charge on any atom is -0.376 e. The Bertz CT molecular complexity index is 815. The molecular weight excluding hydrogens is 344 g/mol. The number of carbonyl (C=O) groups is 1. The van der Waals surface area contributed by atoms with Gasteiger partial charge in [0.15, 0.2) is 5.69 Å². The number of nitrogens with zero attached hydrogens (tertiary/aromatic N) is 4. The summed E-state index contributed by atoms with van der Waals surface area (Å²) < 4.78 is 10.9. The molecule has 7 nitrogen and oxygen atoms in total. The van der Waals surface area contributed by atoms with E-state index in [4.69, 9.17) is 14.2 Å². The van der Waals surface area contributed by atoms with Crippen molar-refractivity contribution in [3.63, 3.8) is 0 Å². The highest BCUT2D eigenvalue weighted by Gasteiger charge is 2.29. The van der Waals surface area contributed by atoms with Crippen molar-refractivity contribution in [3.8, 4) is 0 Å². The predicted octanol–water partition coefficient (Wildman–Crippen LogP) is 3.03. The van der Waals surface area contributed by atoms with Crippen LogP contribution in [0, 0.1) is 19.8 Å². The van der Waals surface area contributed by atoms with E-state index in [-0.39, 0.29) is 11.8 Å². The van der Waals surface area contributed by atoms with Crippen molar-refractivity contribution < 1.29 is 14.1 Å². The molecule has 1 saturated heterocycles. The monoisotopic (exact) mass is 370 g/mol. The van der Waals surface area contributed by atoms with Gasteiger partial charge in [-0.25, -0.2) is 9.97 Å². The number of likely N-dealkylation sites (tertiary alicyclic amines) is 1. The van der Waals surface area contributed by atoms with Crippen LogP contribution in [0.5, 0.6) is 0 Å². The lowest BCUT2D eigenvalue weighted by molar-refractivity contribution is 0.0693. The van der Waals surface area contributed by atoms with E-state index in [2.05, 4.69) is 10.1 Å². The van der Waals surface area contributed by atoms with E-state index in [0.717, 1.165) is 49.0 Å². The summed E-state index contributed by atoms with van der Waals surface area (Å²) in [5.41, 5.74) is 2.44. The van der Waals surface area contributed by atoms with Crippen LogP contribution < -0.4 is 0 Å². The Morgan fingerprint density at radius 3 is 2.93 bits per heavy atom. The first-order valence-corrected chi connectivity index (χ1v) is 9.73. The molecule has 7 heteroatoms. The summed E-state index contributed by atoms with van der Waals surface area (Å²) in [6.45, 7) is 6.42. The van der Waals surface area contributed by atoms with Gasteiger partial charge >= 0.3 is 0 Å². The van der Waals surface area contributed by atoms with Gasteiger partial charge in [0.05, 0.1) is 12.3 Å². The predicted molar refractivity (Wildman–Crippen MR) is 98.3 cm³/mol. The molecule has 2 aromatic heterocycles. The minimum atomic E-state index is -0.0751. The lowest BCUT2D eigenvalue weighted by Gasteiger charge is -2.32. The van der Waals surface area contributed by atoms with E-state index in [1.807, 2.05) is 18.0 Å². The van der Waals surface area contributed by atoms with Crippen LogP contribution >= 0.6 is 0 Å². The zero-order chi connectivity index (χ0) is 18.8. The maximum Gasteiger partial charge on any atom is 0.276 e. The van der Waals surface area contributed by atoms with Crippen LogP contribution in [0.15, 0.2) is 16.8 Å². The van der Waals surface area contributed by atoms with E-state index in [1.54, 1.807) is 13.0 Å². The van der Waals surface area contributed by atoms with Crippen molar-refractivity contribution in [2.75, 3.05) is 19.7 Å². The van der Waals surface area contributed by atoms with E-state index in [1.165, 1.54) is 12.8 Å². The van der Waals surface area contributed by atoms with Gasteiger partial charge in [0.2, 0.25) is 0 Å². The van der Waals surface area contributed by atoms with Crippen molar-refractivity contribution in [2.24, 2.45) is 5.92 Å². The molecule has 1 aliphatic heterocycles. The number of ether oxygens (including phenoxy) is 1. The normalized spacial score (nSPS) is 20.1. The standard InChI is InChI=1S/C20H26N4O3/c1-13-8-18(23-27-13)20(25)24-7-3-4-16(10-24)19-17(9-21-14(2)22-19)12-26-11-15-5-6-15/h8-9,15-16H,3-7,10-12H2,1-2H3. The molecule has 0 radical (unpaired) electrons. The highest BCUT2D eigenvalue weighted by Crippen LogP contribution is 2.31. The first kappa shape index (κ1) is 18.1. The van der Waals surface area contributed by atoms with Crippen LogP contribution in [0.2, 0.25) is 0 Å². The van der Waals surface area contributed by atoms with Crippen LogP contribution in [0.1, 0.15) is 64.9 Å². The number of aromatic nitrogens is 3. The van der Waals surface area contributed by atoms with Gasteiger partial charge in [-0.05, 0) is 45.4 Å². The van der Waals surface area contributed by atoms with Gasteiger partial charge in [-0.1, -0.05) is 5.16 Å². The Kier molecular flexibility index (Phi) is 5.20. The Labute approximate surface area is 159 Å². The summed E-state index contributed by atoms with van der Waals surface area (Å²) in [7, 11) is 0.